The first-order valence-electron chi connectivity index (χ1n) is 12.5. The first-order chi connectivity index (χ1) is 14.4. The standard InChI is InChI=1S/C27H43NO2/c1-18(6-5-15-28-22-10-11-22)23-12-13-24-21(7-4-14-27(23,24)3)9-8-20-16-25(29)19(2)26(30)17-20/h8-9,18,22-26,28-30H,2,4-7,10-17H2,1,3H3/b21-9+/t18-,23-,24+,25-,26-,27-/m1/s1. The van der Waals surface area contributed by atoms with E-state index in [1.807, 2.05) is 0 Å². The molecule has 30 heavy (non-hydrogen) atoms. The Bertz CT molecular complexity index is 675. The fourth-order valence-corrected chi connectivity index (χ4v) is 6.86. The lowest BCUT2D eigenvalue weighted by Crippen LogP contribution is -2.36. The number of aliphatic hydroxyl groups is 2. The lowest BCUT2D eigenvalue weighted by Gasteiger charge is -2.44. The number of rotatable bonds is 7. The van der Waals surface area contributed by atoms with Gasteiger partial charge in [-0.25, -0.2) is 0 Å². The third kappa shape index (κ3) is 4.79. The van der Waals surface area contributed by atoms with Crippen LogP contribution in [0.4, 0.5) is 0 Å². The summed E-state index contributed by atoms with van der Waals surface area (Å²) < 4.78 is 0. The van der Waals surface area contributed by atoms with Crippen molar-refractivity contribution in [2.24, 2.45) is 23.2 Å². The van der Waals surface area contributed by atoms with Gasteiger partial charge in [0, 0.05) is 6.04 Å². The Morgan fingerprint density at radius 3 is 2.57 bits per heavy atom. The maximum Gasteiger partial charge on any atom is 0.0809 e. The smallest absolute Gasteiger partial charge is 0.0809 e. The average molecular weight is 414 g/mol. The van der Waals surface area contributed by atoms with Crippen LogP contribution in [0.2, 0.25) is 0 Å². The molecule has 0 heterocycles. The summed E-state index contributed by atoms with van der Waals surface area (Å²) in [7, 11) is 0. The average Bonchev–Trinajstić information content (AvgIpc) is 3.47. The predicted octanol–water partition coefficient (Wildman–Crippen LogP) is 5.30. The molecule has 4 fully saturated rings. The molecule has 0 saturated heterocycles. The molecule has 3 N–H and O–H groups in total. The van der Waals surface area contributed by atoms with Gasteiger partial charge in [0.2, 0.25) is 0 Å². The van der Waals surface area contributed by atoms with E-state index >= 15 is 0 Å². The van der Waals surface area contributed by atoms with Crippen LogP contribution in [0.5, 0.6) is 0 Å². The van der Waals surface area contributed by atoms with Gasteiger partial charge in [-0.2, -0.15) is 0 Å². The van der Waals surface area contributed by atoms with E-state index in [-0.39, 0.29) is 0 Å². The zero-order valence-electron chi connectivity index (χ0n) is 19.2. The zero-order chi connectivity index (χ0) is 21.3. The monoisotopic (exact) mass is 413 g/mol. The second-order valence-corrected chi connectivity index (χ2v) is 11.0. The molecule has 4 rings (SSSR count). The van der Waals surface area contributed by atoms with E-state index in [1.165, 1.54) is 64.3 Å². The van der Waals surface area contributed by atoms with Gasteiger partial charge in [0.05, 0.1) is 12.2 Å². The molecule has 0 aromatic rings. The lowest BCUT2D eigenvalue weighted by atomic mass is 9.60. The van der Waals surface area contributed by atoms with Gasteiger partial charge in [-0.15, -0.1) is 0 Å². The van der Waals surface area contributed by atoms with Gasteiger partial charge in [0.15, 0.2) is 0 Å². The van der Waals surface area contributed by atoms with Crippen LogP contribution in [0.3, 0.4) is 0 Å². The Labute approximate surface area is 183 Å². The SMILES string of the molecule is C=C1[C@H](O)CC(=C/C=C2\CCC[C@]3(C)[C@@H]([C@H](C)CCCNC4CC4)CC[C@@H]23)C[C@H]1O. The summed E-state index contributed by atoms with van der Waals surface area (Å²) in [4.78, 5) is 0. The Morgan fingerprint density at radius 1 is 1.13 bits per heavy atom. The molecule has 3 heteroatoms. The van der Waals surface area contributed by atoms with Gasteiger partial charge < -0.3 is 15.5 Å². The van der Waals surface area contributed by atoms with Crippen LogP contribution >= 0.6 is 0 Å². The van der Waals surface area contributed by atoms with Crippen LogP contribution in [0.15, 0.2) is 35.5 Å². The van der Waals surface area contributed by atoms with Crippen molar-refractivity contribution in [2.75, 3.05) is 6.54 Å². The van der Waals surface area contributed by atoms with Gasteiger partial charge in [0.25, 0.3) is 0 Å². The molecular formula is C27H43NO2. The minimum absolute atomic E-state index is 0.450. The maximum absolute atomic E-state index is 10.1. The minimum atomic E-state index is -0.596. The Balaban J connectivity index is 1.38. The molecule has 0 amide bonds. The summed E-state index contributed by atoms with van der Waals surface area (Å²) >= 11 is 0. The topological polar surface area (TPSA) is 52.5 Å². The maximum atomic E-state index is 10.1. The third-order valence-corrected chi connectivity index (χ3v) is 8.87. The number of hydrogen-bond donors (Lipinski definition) is 3. The molecule has 3 nitrogen and oxygen atoms in total. The van der Waals surface area contributed by atoms with Crippen molar-refractivity contribution in [1.82, 2.24) is 5.32 Å². The van der Waals surface area contributed by atoms with Crippen molar-refractivity contribution < 1.29 is 10.2 Å². The molecule has 6 atom stereocenters. The second-order valence-electron chi connectivity index (χ2n) is 11.0. The first-order valence-corrected chi connectivity index (χ1v) is 12.5. The molecule has 0 unspecified atom stereocenters. The van der Waals surface area contributed by atoms with E-state index < -0.39 is 12.2 Å². The van der Waals surface area contributed by atoms with E-state index in [9.17, 15) is 10.2 Å². The van der Waals surface area contributed by atoms with Crippen LogP contribution in [0.1, 0.15) is 84.5 Å². The second kappa shape index (κ2) is 9.30. The van der Waals surface area contributed by atoms with Gasteiger partial charge in [-0.05, 0) is 106 Å². The van der Waals surface area contributed by atoms with Gasteiger partial charge in [0.1, 0.15) is 0 Å². The minimum Gasteiger partial charge on any atom is -0.388 e. The highest BCUT2D eigenvalue weighted by molar-refractivity contribution is 5.29. The number of allylic oxidation sites excluding steroid dienone is 3. The summed E-state index contributed by atoms with van der Waals surface area (Å²) in [6, 6.07) is 0.832. The summed E-state index contributed by atoms with van der Waals surface area (Å²) in [5.41, 5.74) is 3.80. The molecule has 168 valence electrons. The van der Waals surface area contributed by atoms with Crippen LogP contribution < -0.4 is 5.32 Å². The van der Waals surface area contributed by atoms with Crippen molar-refractivity contribution in [1.29, 1.82) is 0 Å². The first kappa shape index (κ1) is 22.3. The summed E-state index contributed by atoms with van der Waals surface area (Å²) in [6.45, 7) is 10.1. The van der Waals surface area contributed by atoms with Crippen LogP contribution in [0.25, 0.3) is 0 Å². The van der Waals surface area contributed by atoms with Crippen LogP contribution in [0, 0.1) is 23.2 Å². The largest absolute Gasteiger partial charge is 0.388 e. The van der Waals surface area contributed by atoms with E-state index in [4.69, 9.17) is 0 Å². The summed E-state index contributed by atoms with van der Waals surface area (Å²) in [6.07, 6.45) is 16.7. The van der Waals surface area contributed by atoms with Gasteiger partial charge >= 0.3 is 0 Å². The zero-order valence-corrected chi connectivity index (χ0v) is 19.2. The normalized spacial score (nSPS) is 39.3. The van der Waals surface area contributed by atoms with Crippen molar-refractivity contribution in [2.45, 2.75) is 103 Å². The number of fused-ring (bicyclic) bond motifs is 1. The van der Waals surface area contributed by atoms with Gasteiger partial charge in [-0.1, -0.05) is 43.7 Å². The third-order valence-electron chi connectivity index (χ3n) is 8.87. The lowest BCUT2D eigenvalue weighted by molar-refractivity contribution is 0.0934. The highest BCUT2D eigenvalue weighted by atomic mass is 16.3. The predicted molar refractivity (Wildman–Crippen MR) is 124 cm³/mol. The Kier molecular flexibility index (Phi) is 6.91. The van der Waals surface area contributed by atoms with Crippen LogP contribution in [-0.4, -0.2) is 35.0 Å². The van der Waals surface area contributed by atoms with Crippen molar-refractivity contribution >= 4 is 0 Å². The highest BCUT2D eigenvalue weighted by Crippen LogP contribution is 2.59. The van der Waals surface area contributed by atoms with Crippen molar-refractivity contribution in [3.63, 3.8) is 0 Å². The molecule has 0 bridgehead atoms. The molecule has 0 aromatic heterocycles. The molecule has 0 spiro atoms. The Morgan fingerprint density at radius 2 is 1.87 bits per heavy atom. The Hall–Kier alpha value is -0.900. The fraction of sp³-hybridized carbons (Fsp3) is 0.778. The highest BCUT2D eigenvalue weighted by Gasteiger charge is 2.50. The van der Waals surface area contributed by atoms with Crippen LogP contribution in [-0.2, 0) is 0 Å². The number of nitrogens with one attached hydrogen (secondary N) is 1. The molecule has 4 aliphatic carbocycles. The van der Waals surface area contributed by atoms with Crippen molar-refractivity contribution in [3.05, 3.63) is 35.5 Å². The number of hydrogen-bond acceptors (Lipinski definition) is 3. The quantitative estimate of drug-likeness (QED) is 0.392. The summed E-state index contributed by atoms with van der Waals surface area (Å²) in [5, 5.41) is 24.0. The van der Waals surface area contributed by atoms with E-state index in [0.717, 1.165) is 23.5 Å². The number of aliphatic hydroxyl groups excluding tert-OH is 2. The van der Waals surface area contributed by atoms with Gasteiger partial charge in [-0.3, -0.25) is 0 Å². The van der Waals surface area contributed by atoms with E-state index in [0.29, 0.717) is 29.7 Å². The molecule has 4 saturated carbocycles. The van der Waals surface area contributed by atoms with E-state index in [2.05, 4.69) is 37.9 Å². The molecular weight excluding hydrogens is 370 g/mol. The van der Waals surface area contributed by atoms with Crippen molar-refractivity contribution in [3.8, 4) is 0 Å². The molecule has 0 radical (unpaired) electrons. The summed E-state index contributed by atoms with van der Waals surface area (Å²) in [5.74, 6) is 2.38. The van der Waals surface area contributed by atoms with E-state index in [1.54, 1.807) is 5.57 Å². The molecule has 4 aliphatic rings. The molecule has 0 aromatic carbocycles. The fourth-order valence-electron chi connectivity index (χ4n) is 6.86. The molecule has 0 aliphatic heterocycles.